The summed E-state index contributed by atoms with van der Waals surface area (Å²) in [5.41, 5.74) is 1.13. The number of nitrogens with zero attached hydrogens (tertiary/aromatic N) is 2. The fourth-order valence-electron chi connectivity index (χ4n) is 2.03. The third kappa shape index (κ3) is 3.55. The molecule has 0 radical (unpaired) electrons. The Morgan fingerprint density at radius 2 is 2.04 bits per heavy atom. The first-order valence-electron chi connectivity index (χ1n) is 6.43. The molecule has 120 valence electrons. The molecule has 5 nitrogen and oxygen atoms in total. The summed E-state index contributed by atoms with van der Waals surface area (Å²) in [6.45, 7) is -0.0619. The van der Waals surface area contributed by atoms with Gasteiger partial charge in [-0.15, -0.1) is 0 Å². The van der Waals surface area contributed by atoms with Crippen molar-refractivity contribution >= 4 is 43.2 Å². The lowest BCUT2D eigenvalue weighted by Crippen LogP contribution is -2.24. The maximum Gasteiger partial charge on any atom is 0.243 e. The van der Waals surface area contributed by atoms with E-state index < -0.39 is 20.7 Å². The summed E-state index contributed by atoms with van der Waals surface area (Å²) in [6.07, 6.45) is 3.32. The molecule has 0 aliphatic rings. The molecule has 0 bridgehead atoms. The molecule has 0 saturated carbocycles. The SMILES string of the molecule is O=S(=O)(NCc1cn2cc(Cl)ccc2n1)c1cc(Br)ccc1F. The zero-order valence-corrected chi connectivity index (χ0v) is 14.7. The molecular weight excluding hydrogens is 409 g/mol. The number of nitrogens with one attached hydrogen (secondary N) is 1. The van der Waals surface area contributed by atoms with E-state index in [1.165, 1.54) is 12.1 Å². The number of halogens is 3. The van der Waals surface area contributed by atoms with Gasteiger partial charge in [0.25, 0.3) is 0 Å². The van der Waals surface area contributed by atoms with E-state index in [0.29, 0.717) is 20.8 Å². The Morgan fingerprint density at radius 3 is 2.83 bits per heavy atom. The highest BCUT2D eigenvalue weighted by Gasteiger charge is 2.19. The fraction of sp³-hybridized carbons (Fsp3) is 0.0714. The quantitative estimate of drug-likeness (QED) is 0.706. The molecule has 2 aromatic heterocycles. The van der Waals surface area contributed by atoms with Gasteiger partial charge in [-0.3, -0.25) is 0 Å². The monoisotopic (exact) mass is 417 g/mol. The first-order valence-corrected chi connectivity index (χ1v) is 9.08. The molecule has 0 spiro atoms. The standard InChI is InChI=1S/C14H10BrClFN3O2S/c15-9-1-3-12(17)13(5-9)23(21,22)18-6-11-8-20-7-10(16)2-4-14(20)19-11/h1-5,7-8,18H,6H2. The Bertz CT molecular complexity index is 991. The summed E-state index contributed by atoms with van der Waals surface area (Å²) >= 11 is 9.01. The van der Waals surface area contributed by atoms with Gasteiger partial charge in [-0.05, 0) is 30.3 Å². The van der Waals surface area contributed by atoms with Crippen LogP contribution < -0.4 is 4.72 Å². The lowest BCUT2D eigenvalue weighted by atomic mass is 10.3. The zero-order valence-electron chi connectivity index (χ0n) is 11.5. The number of rotatable bonds is 4. The van der Waals surface area contributed by atoms with Gasteiger partial charge < -0.3 is 4.40 Å². The topological polar surface area (TPSA) is 63.5 Å². The average Bonchev–Trinajstić information content (AvgIpc) is 2.89. The van der Waals surface area contributed by atoms with Gasteiger partial charge in [-0.25, -0.2) is 22.5 Å². The molecule has 1 aromatic carbocycles. The second-order valence-electron chi connectivity index (χ2n) is 4.74. The summed E-state index contributed by atoms with van der Waals surface area (Å²) in [4.78, 5) is 3.85. The average molecular weight is 419 g/mol. The molecule has 0 atom stereocenters. The van der Waals surface area contributed by atoms with Gasteiger partial charge in [0.1, 0.15) is 16.4 Å². The third-order valence-corrected chi connectivity index (χ3v) is 5.22. The first kappa shape index (κ1) is 16.4. The Kier molecular flexibility index (Phi) is 4.41. The minimum atomic E-state index is -3.99. The van der Waals surface area contributed by atoms with E-state index in [1.54, 1.807) is 28.9 Å². The molecule has 0 fully saturated rings. The first-order chi connectivity index (χ1) is 10.8. The van der Waals surface area contributed by atoms with Crippen LogP contribution in [0.4, 0.5) is 4.39 Å². The second-order valence-corrected chi connectivity index (χ2v) is 7.83. The van der Waals surface area contributed by atoms with Gasteiger partial charge in [-0.1, -0.05) is 27.5 Å². The summed E-state index contributed by atoms with van der Waals surface area (Å²) in [5.74, 6) is -0.817. The molecule has 0 saturated heterocycles. The molecule has 0 amide bonds. The number of hydrogen-bond donors (Lipinski definition) is 1. The summed E-state index contributed by atoms with van der Waals surface area (Å²) in [5, 5.41) is 0.540. The van der Waals surface area contributed by atoms with E-state index >= 15 is 0 Å². The number of pyridine rings is 1. The minimum absolute atomic E-state index is 0.0619. The lowest BCUT2D eigenvalue weighted by molar-refractivity contribution is 0.556. The van der Waals surface area contributed by atoms with Crippen LogP contribution in [0, 0.1) is 5.82 Å². The van der Waals surface area contributed by atoms with Crippen molar-refractivity contribution in [2.24, 2.45) is 0 Å². The lowest BCUT2D eigenvalue weighted by Gasteiger charge is -2.06. The Balaban J connectivity index is 1.84. The minimum Gasteiger partial charge on any atom is -0.305 e. The van der Waals surface area contributed by atoms with Crippen molar-refractivity contribution in [3.05, 3.63) is 63.7 Å². The van der Waals surface area contributed by atoms with Crippen LogP contribution in [0.3, 0.4) is 0 Å². The Morgan fingerprint density at radius 1 is 1.26 bits per heavy atom. The van der Waals surface area contributed by atoms with E-state index in [0.717, 1.165) is 6.07 Å². The molecule has 23 heavy (non-hydrogen) atoms. The second kappa shape index (κ2) is 6.20. The highest BCUT2D eigenvalue weighted by atomic mass is 79.9. The molecule has 3 aromatic rings. The van der Waals surface area contributed by atoms with E-state index in [-0.39, 0.29) is 6.54 Å². The van der Waals surface area contributed by atoms with Crippen LogP contribution in [0.15, 0.2) is 52.1 Å². The largest absolute Gasteiger partial charge is 0.305 e. The highest BCUT2D eigenvalue weighted by Crippen LogP contribution is 2.20. The van der Waals surface area contributed by atoms with Crippen LogP contribution in [0.2, 0.25) is 5.02 Å². The van der Waals surface area contributed by atoms with Crippen molar-refractivity contribution in [2.75, 3.05) is 0 Å². The molecule has 2 heterocycles. The molecule has 1 N–H and O–H groups in total. The molecule has 9 heteroatoms. The zero-order chi connectivity index (χ0) is 16.6. The molecular formula is C14H10BrClFN3O2S. The predicted octanol–water partition coefficient (Wildman–Crippen LogP) is 3.37. The Labute approximate surface area is 145 Å². The van der Waals surface area contributed by atoms with E-state index in [2.05, 4.69) is 25.6 Å². The summed E-state index contributed by atoms with van der Waals surface area (Å²) in [7, 11) is -3.99. The van der Waals surface area contributed by atoms with Crippen LogP contribution in [0.1, 0.15) is 5.69 Å². The van der Waals surface area contributed by atoms with Gasteiger partial charge in [0, 0.05) is 16.9 Å². The van der Waals surface area contributed by atoms with Gasteiger partial charge in [0.15, 0.2) is 0 Å². The van der Waals surface area contributed by atoms with Crippen molar-refractivity contribution in [3.8, 4) is 0 Å². The maximum atomic E-state index is 13.7. The number of fused-ring (bicyclic) bond motifs is 1. The third-order valence-electron chi connectivity index (χ3n) is 3.09. The van der Waals surface area contributed by atoms with E-state index in [4.69, 9.17) is 11.6 Å². The van der Waals surface area contributed by atoms with Gasteiger partial charge >= 0.3 is 0 Å². The fourth-order valence-corrected chi connectivity index (χ4v) is 3.81. The maximum absolute atomic E-state index is 13.7. The summed E-state index contributed by atoms with van der Waals surface area (Å²) in [6, 6.07) is 7.13. The van der Waals surface area contributed by atoms with Crippen LogP contribution >= 0.6 is 27.5 Å². The van der Waals surface area contributed by atoms with Gasteiger partial charge in [0.05, 0.1) is 17.3 Å². The number of aromatic nitrogens is 2. The van der Waals surface area contributed by atoms with Crippen LogP contribution in [-0.4, -0.2) is 17.8 Å². The number of benzene rings is 1. The van der Waals surface area contributed by atoms with Crippen molar-refractivity contribution < 1.29 is 12.8 Å². The smallest absolute Gasteiger partial charge is 0.243 e. The number of imidazole rings is 1. The van der Waals surface area contributed by atoms with Crippen molar-refractivity contribution in [1.29, 1.82) is 0 Å². The Hall–Kier alpha value is -1.48. The van der Waals surface area contributed by atoms with Crippen molar-refractivity contribution in [2.45, 2.75) is 11.4 Å². The predicted molar refractivity (Wildman–Crippen MR) is 88.3 cm³/mol. The number of hydrogen-bond acceptors (Lipinski definition) is 3. The van der Waals surface area contributed by atoms with Crippen LogP contribution in [-0.2, 0) is 16.6 Å². The van der Waals surface area contributed by atoms with Crippen molar-refractivity contribution in [3.63, 3.8) is 0 Å². The molecule has 3 rings (SSSR count). The van der Waals surface area contributed by atoms with Crippen LogP contribution in [0.5, 0.6) is 0 Å². The van der Waals surface area contributed by atoms with Crippen LogP contribution in [0.25, 0.3) is 5.65 Å². The highest BCUT2D eigenvalue weighted by molar-refractivity contribution is 9.10. The molecule has 0 unspecified atom stereocenters. The van der Waals surface area contributed by atoms with Gasteiger partial charge in [-0.2, -0.15) is 0 Å². The molecule has 0 aliphatic heterocycles. The molecule has 0 aliphatic carbocycles. The van der Waals surface area contributed by atoms with E-state index in [1.807, 2.05) is 0 Å². The van der Waals surface area contributed by atoms with Crippen molar-refractivity contribution in [1.82, 2.24) is 14.1 Å². The van der Waals surface area contributed by atoms with E-state index in [9.17, 15) is 12.8 Å². The summed E-state index contributed by atoms with van der Waals surface area (Å²) < 4.78 is 42.7. The number of sulfonamides is 1. The normalized spacial score (nSPS) is 12.0. The van der Waals surface area contributed by atoms with Gasteiger partial charge in [0.2, 0.25) is 10.0 Å².